The van der Waals surface area contributed by atoms with Gasteiger partial charge in [-0.15, -0.1) is 0 Å². The minimum atomic E-state index is -0.639. The number of carbonyl (C=O) groups is 3. The van der Waals surface area contributed by atoms with Gasteiger partial charge in [-0.2, -0.15) is 0 Å². The standard InChI is InChI=1S/C16H13BrN2O5/c1-23-15(21)9-3-10(16(22)24-2)6-13(5-9)19-14(20)11-4-12(17)8-18-7-11/h3-8H,1-2H3,(H,19,20). The number of nitrogens with one attached hydrogen (secondary N) is 1. The lowest BCUT2D eigenvalue weighted by Crippen LogP contribution is -2.14. The fourth-order valence-corrected chi connectivity index (χ4v) is 2.28. The molecule has 0 unspecified atom stereocenters. The molecule has 0 atom stereocenters. The zero-order valence-electron chi connectivity index (χ0n) is 12.8. The molecule has 1 aromatic heterocycles. The second kappa shape index (κ2) is 7.69. The first-order valence-electron chi connectivity index (χ1n) is 6.68. The molecule has 124 valence electrons. The molecule has 2 rings (SSSR count). The Hall–Kier alpha value is -2.74. The maximum atomic E-state index is 12.3. The number of halogens is 1. The number of pyridine rings is 1. The quantitative estimate of drug-likeness (QED) is 0.803. The van der Waals surface area contributed by atoms with Crippen LogP contribution in [-0.2, 0) is 9.47 Å². The Balaban J connectivity index is 2.36. The molecule has 0 aliphatic heterocycles. The fraction of sp³-hybridized carbons (Fsp3) is 0.125. The molecule has 2 aromatic rings. The van der Waals surface area contributed by atoms with Gasteiger partial charge in [0.1, 0.15) is 0 Å². The summed E-state index contributed by atoms with van der Waals surface area (Å²) in [4.78, 5) is 39.6. The van der Waals surface area contributed by atoms with E-state index in [1.807, 2.05) is 0 Å². The van der Waals surface area contributed by atoms with Gasteiger partial charge in [0.25, 0.3) is 5.91 Å². The Kier molecular flexibility index (Phi) is 5.64. The largest absolute Gasteiger partial charge is 0.465 e. The van der Waals surface area contributed by atoms with Crippen molar-refractivity contribution in [1.29, 1.82) is 0 Å². The SMILES string of the molecule is COC(=O)c1cc(NC(=O)c2cncc(Br)c2)cc(C(=O)OC)c1. The molecule has 0 aliphatic carbocycles. The number of ether oxygens (including phenoxy) is 2. The van der Waals surface area contributed by atoms with Gasteiger partial charge in [-0.05, 0) is 40.2 Å². The number of aromatic nitrogens is 1. The van der Waals surface area contributed by atoms with Crippen LogP contribution >= 0.6 is 15.9 Å². The normalized spacial score (nSPS) is 9.96. The Morgan fingerprint density at radius 1 is 0.917 bits per heavy atom. The Morgan fingerprint density at radius 3 is 2.00 bits per heavy atom. The first kappa shape index (κ1) is 17.6. The van der Waals surface area contributed by atoms with Gasteiger partial charge in [-0.25, -0.2) is 9.59 Å². The monoisotopic (exact) mass is 392 g/mol. The van der Waals surface area contributed by atoms with Crippen LogP contribution in [0.3, 0.4) is 0 Å². The second-order valence-corrected chi connectivity index (χ2v) is 5.54. The smallest absolute Gasteiger partial charge is 0.337 e. The molecule has 0 bridgehead atoms. The molecule has 0 spiro atoms. The van der Waals surface area contributed by atoms with Crippen molar-refractivity contribution in [3.63, 3.8) is 0 Å². The number of rotatable bonds is 4. The van der Waals surface area contributed by atoms with Gasteiger partial charge in [0.05, 0.1) is 30.9 Å². The third-order valence-corrected chi connectivity index (χ3v) is 3.43. The minimum Gasteiger partial charge on any atom is -0.465 e. The number of hydrogen-bond acceptors (Lipinski definition) is 6. The highest BCUT2D eigenvalue weighted by Gasteiger charge is 2.15. The number of methoxy groups -OCH3 is 2. The molecule has 1 aromatic carbocycles. The van der Waals surface area contributed by atoms with Crippen LogP contribution in [0.5, 0.6) is 0 Å². The maximum absolute atomic E-state index is 12.3. The number of hydrogen-bond donors (Lipinski definition) is 1. The van der Waals surface area contributed by atoms with Crippen molar-refractivity contribution >= 4 is 39.5 Å². The maximum Gasteiger partial charge on any atom is 0.337 e. The Bertz CT molecular complexity index is 773. The summed E-state index contributed by atoms with van der Waals surface area (Å²) in [5, 5.41) is 2.61. The summed E-state index contributed by atoms with van der Waals surface area (Å²) in [5.41, 5.74) is 0.793. The third-order valence-electron chi connectivity index (χ3n) is 3.00. The molecule has 0 radical (unpaired) electrons. The number of benzene rings is 1. The van der Waals surface area contributed by atoms with Crippen molar-refractivity contribution in [3.05, 3.63) is 57.8 Å². The minimum absolute atomic E-state index is 0.114. The average Bonchev–Trinajstić information content (AvgIpc) is 2.59. The average molecular weight is 393 g/mol. The van der Waals surface area contributed by atoms with E-state index < -0.39 is 17.8 Å². The van der Waals surface area contributed by atoms with E-state index in [0.717, 1.165) is 0 Å². The van der Waals surface area contributed by atoms with Gasteiger partial charge in [-0.1, -0.05) is 0 Å². The van der Waals surface area contributed by atoms with E-state index in [2.05, 4.69) is 35.7 Å². The number of carbonyl (C=O) groups excluding carboxylic acids is 3. The molecule has 1 N–H and O–H groups in total. The van der Waals surface area contributed by atoms with E-state index in [1.165, 1.54) is 38.6 Å². The lowest BCUT2D eigenvalue weighted by molar-refractivity contribution is 0.0599. The van der Waals surface area contributed by atoms with E-state index >= 15 is 0 Å². The van der Waals surface area contributed by atoms with E-state index in [9.17, 15) is 14.4 Å². The van der Waals surface area contributed by atoms with Crippen LogP contribution in [-0.4, -0.2) is 37.0 Å². The topological polar surface area (TPSA) is 94.6 Å². The van der Waals surface area contributed by atoms with Crippen molar-refractivity contribution in [2.24, 2.45) is 0 Å². The highest BCUT2D eigenvalue weighted by molar-refractivity contribution is 9.10. The lowest BCUT2D eigenvalue weighted by atomic mass is 10.1. The predicted molar refractivity (Wildman–Crippen MR) is 89.0 cm³/mol. The molecule has 1 heterocycles. The van der Waals surface area contributed by atoms with Crippen LogP contribution in [0.4, 0.5) is 5.69 Å². The molecule has 7 nitrogen and oxygen atoms in total. The van der Waals surface area contributed by atoms with Gasteiger partial charge >= 0.3 is 11.9 Å². The highest BCUT2D eigenvalue weighted by Crippen LogP contribution is 2.18. The number of esters is 2. The number of anilines is 1. The highest BCUT2D eigenvalue weighted by atomic mass is 79.9. The van der Waals surface area contributed by atoms with Crippen LogP contribution < -0.4 is 5.32 Å². The molecule has 8 heteroatoms. The zero-order chi connectivity index (χ0) is 17.7. The molecule has 0 aliphatic rings. The van der Waals surface area contributed by atoms with Crippen LogP contribution in [0, 0.1) is 0 Å². The molecule has 1 amide bonds. The van der Waals surface area contributed by atoms with E-state index in [-0.39, 0.29) is 16.8 Å². The number of amides is 1. The summed E-state index contributed by atoms with van der Waals surface area (Å²) >= 11 is 3.23. The fourth-order valence-electron chi connectivity index (χ4n) is 1.91. The van der Waals surface area contributed by atoms with Gasteiger partial charge in [0, 0.05) is 22.6 Å². The van der Waals surface area contributed by atoms with Crippen molar-refractivity contribution < 1.29 is 23.9 Å². The summed E-state index contributed by atoms with van der Waals surface area (Å²) in [6.07, 6.45) is 2.94. The van der Waals surface area contributed by atoms with Crippen LogP contribution in [0.2, 0.25) is 0 Å². The Morgan fingerprint density at radius 2 is 1.50 bits per heavy atom. The van der Waals surface area contributed by atoms with Crippen molar-refractivity contribution in [3.8, 4) is 0 Å². The van der Waals surface area contributed by atoms with E-state index in [0.29, 0.717) is 10.0 Å². The summed E-state index contributed by atoms with van der Waals surface area (Å²) in [6.45, 7) is 0. The molecular formula is C16H13BrN2O5. The van der Waals surface area contributed by atoms with Gasteiger partial charge in [0.15, 0.2) is 0 Å². The lowest BCUT2D eigenvalue weighted by Gasteiger charge is -2.09. The van der Waals surface area contributed by atoms with Crippen LogP contribution in [0.15, 0.2) is 41.1 Å². The number of nitrogens with zero attached hydrogens (tertiary/aromatic N) is 1. The molecule has 0 fully saturated rings. The predicted octanol–water partition coefficient (Wildman–Crippen LogP) is 2.67. The first-order chi connectivity index (χ1) is 11.4. The van der Waals surface area contributed by atoms with Crippen molar-refractivity contribution in [2.45, 2.75) is 0 Å². The van der Waals surface area contributed by atoms with Gasteiger partial charge in [-0.3, -0.25) is 9.78 Å². The summed E-state index contributed by atoms with van der Waals surface area (Å²) < 4.78 is 9.94. The van der Waals surface area contributed by atoms with E-state index in [1.54, 1.807) is 12.3 Å². The molecule has 24 heavy (non-hydrogen) atoms. The third kappa shape index (κ3) is 4.17. The summed E-state index contributed by atoms with van der Waals surface area (Å²) in [7, 11) is 2.44. The van der Waals surface area contributed by atoms with E-state index in [4.69, 9.17) is 0 Å². The Labute approximate surface area is 146 Å². The van der Waals surface area contributed by atoms with Crippen molar-refractivity contribution in [1.82, 2.24) is 4.98 Å². The van der Waals surface area contributed by atoms with Crippen molar-refractivity contribution in [2.75, 3.05) is 19.5 Å². The second-order valence-electron chi connectivity index (χ2n) is 4.63. The van der Waals surface area contributed by atoms with Crippen LogP contribution in [0.1, 0.15) is 31.1 Å². The summed E-state index contributed by atoms with van der Waals surface area (Å²) in [6, 6.07) is 5.73. The first-order valence-corrected chi connectivity index (χ1v) is 7.47. The zero-order valence-corrected chi connectivity index (χ0v) is 14.4. The molecule has 0 saturated carbocycles. The molecular weight excluding hydrogens is 380 g/mol. The summed E-state index contributed by atoms with van der Waals surface area (Å²) in [5.74, 6) is -1.72. The van der Waals surface area contributed by atoms with Crippen LogP contribution in [0.25, 0.3) is 0 Å². The molecule has 0 saturated heterocycles. The van der Waals surface area contributed by atoms with Gasteiger partial charge < -0.3 is 14.8 Å². The van der Waals surface area contributed by atoms with Gasteiger partial charge in [0.2, 0.25) is 0 Å².